The number of amides is 3. The molecule has 0 bridgehead atoms. The third-order valence-electron chi connectivity index (χ3n) is 6.33. The Morgan fingerprint density at radius 3 is 1.69 bits per heavy atom. The van der Waals surface area contributed by atoms with Crippen molar-refractivity contribution in [1.29, 1.82) is 0 Å². The number of rotatable bonds is 12. The molecule has 3 N–H and O–H groups in total. The van der Waals surface area contributed by atoms with Crippen LogP contribution in [0.5, 0.6) is 0 Å². The van der Waals surface area contributed by atoms with E-state index in [0.29, 0.717) is 25.7 Å². The van der Waals surface area contributed by atoms with E-state index in [-0.39, 0.29) is 36.0 Å². The number of cyclic esters (lactones) is 1. The topological polar surface area (TPSA) is 114 Å². The van der Waals surface area contributed by atoms with Crippen molar-refractivity contribution in [3.8, 4) is 0 Å². The predicted octanol–water partition coefficient (Wildman–Crippen LogP) is 4.26. The van der Waals surface area contributed by atoms with Crippen molar-refractivity contribution in [3.63, 3.8) is 0 Å². The van der Waals surface area contributed by atoms with Crippen LogP contribution in [0.4, 0.5) is 0 Å². The van der Waals surface area contributed by atoms with Gasteiger partial charge in [-0.3, -0.25) is 14.4 Å². The highest BCUT2D eigenvalue weighted by molar-refractivity contribution is 5.94. The Labute approximate surface area is 218 Å². The van der Waals surface area contributed by atoms with Crippen molar-refractivity contribution < 1.29 is 23.9 Å². The number of hydrogen-bond acceptors (Lipinski definition) is 5. The van der Waals surface area contributed by atoms with E-state index in [2.05, 4.69) is 22.9 Å². The molecule has 1 heterocycles. The highest BCUT2D eigenvalue weighted by Crippen LogP contribution is 2.17. The minimum Gasteiger partial charge on any atom is -0.460 e. The van der Waals surface area contributed by atoms with Crippen molar-refractivity contribution in [2.75, 3.05) is 0 Å². The van der Waals surface area contributed by atoms with E-state index in [1.165, 1.54) is 0 Å². The number of nitrogens with one attached hydrogen (secondary N) is 3. The molecule has 8 heteroatoms. The van der Waals surface area contributed by atoms with Crippen molar-refractivity contribution in [1.82, 2.24) is 16.0 Å². The van der Waals surface area contributed by atoms with Crippen LogP contribution in [0.15, 0.2) is 0 Å². The van der Waals surface area contributed by atoms with Crippen molar-refractivity contribution >= 4 is 23.7 Å². The zero-order valence-corrected chi connectivity index (χ0v) is 23.7. The average molecular weight is 510 g/mol. The molecule has 0 aromatic rings. The molecule has 1 fully saturated rings. The zero-order chi connectivity index (χ0) is 27.3. The Kier molecular flexibility index (Phi) is 14.7. The maximum Gasteiger partial charge on any atom is 0.328 e. The van der Waals surface area contributed by atoms with Crippen LogP contribution in [0.25, 0.3) is 0 Å². The molecule has 0 aliphatic carbocycles. The summed E-state index contributed by atoms with van der Waals surface area (Å²) in [5.74, 6) is -1.16. The molecule has 8 nitrogen and oxygen atoms in total. The fraction of sp³-hybridized carbons (Fsp3) is 0.857. The van der Waals surface area contributed by atoms with Crippen LogP contribution in [0.1, 0.15) is 113 Å². The Hall–Kier alpha value is -2.12. The number of hydrogen-bond donors (Lipinski definition) is 3. The SMILES string of the molecule is CCCCCCCC1CC(=O)N[C@H](CC(C)C)C(=O)N[C@@H](CC(C)C)C(=O)N[C@@H](CC(C)C)C(=O)O1. The number of carbonyl (C=O) groups excluding carboxylic acids is 4. The Bertz CT molecular complexity index is 707. The summed E-state index contributed by atoms with van der Waals surface area (Å²) in [6.07, 6.45) is 6.49. The van der Waals surface area contributed by atoms with Gasteiger partial charge in [-0.15, -0.1) is 0 Å². The van der Waals surface area contributed by atoms with Gasteiger partial charge in [0.15, 0.2) is 0 Å². The lowest BCUT2D eigenvalue weighted by molar-refractivity contribution is -0.155. The van der Waals surface area contributed by atoms with Crippen molar-refractivity contribution in [2.24, 2.45) is 17.8 Å². The molecule has 1 saturated heterocycles. The maximum absolute atomic E-state index is 13.3. The highest BCUT2D eigenvalue weighted by Gasteiger charge is 2.33. The molecule has 0 spiro atoms. The first-order valence-electron chi connectivity index (χ1n) is 14.0. The van der Waals surface area contributed by atoms with Gasteiger partial charge in [0.25, 0.3) is 0 Å². The molecule has 4 atom stereocenters. The first-order chi connectivity index (χ1) is 16.9. The highest BCUT2D eigenvalue weighted by atomic mass is 16.5. The van der Waals surface area contributed by atoms with E-state index in [0.717, 1.165) is 32.1 Å². The van der Waals surface area contributed by atoms with Crippen molar-refractivity contribution in [3.05, 3.63) is 0 Å². The minimum absolute atomic E-state index is 0.000833. The molecule has 1 rings (SSSR count). The first-order valence-corrected chi connectivity index (χ1v) is 14.0. The van der Waals surface area contributed by atoms with Gasteiger partial charge in [-0.2, -0.15) is 0 Å². The fourth-order valence-corrected chi connectivity index (χ4v) is 4.52. The van der Waals surface area contributed by atoms with E-state index in [1.807, 2.05) is 41.5 Å². The molecule has 0 saturated carbocycles. The smallest absolute Gasteiger partial charge is 0.328 e. The molecule has 36 heavy (non-hydrogen) atoms. The van der Waals surface area contributed by atoms with Gasteiger partial charge in [0.2, 0.25) is 17.7 Å². The van der Waals surface area contributed by atoms with Crippen LogP contribution in [0.3, 0.4) is 0 Å². The van der Waals surface area contributed by atoms with Gasteiger partial charge < -0.3 is 20.7 Å². The summed E-state index contributed by atoms with van der Waals surface area (Å²) in [6.45, 7) is 14.0. The number of carbonyl (C=O) groups is 4. The van der Waals surface area contributed by atoms with E-state index < -0.39 is 36.1 Å². The summed E-state index contributed by atoms with van der Waals surface area (Å²) in [6, 6.07) is -2.39. The molecule has 0 aromatic carbocycles. The van der Waals surface area contributed by atoms with Crippen LogP contribution in [0, 0.1) is 17.8 Å². The predicted molar refractivity (Wildman–Crippen MR) is 142 cm³/mol. The van der Waals surface area contributed by atoms with Crippen molar-refractivity contribution in [2.45, 2.75) is 137 Å². The Balaban J connectivity index is 3.24. The van der Waals surface area contributed by atoms with Gasteiger partial charge in [-0.1, -0.05) is 74.1 Å². The summed E-state index contributed by atoms with van der Waals surface area (Å²) < 4.78 is 5.84. The summed E-state index contributed by atoms with van der Waals surface area (Å²) in [5.41, 5.74) is 0. The lowest BCUT2D eigenvalue weighted by Crippen LogP contribution is -2.56. The third kappa shape index (κ3) is 12.7. The zero-order valence-electron chi connectivity index (χ0n) is 23.7. The number of ether oxygens (including phenoxy) is 1. The molecule has 3 amide bonds. The monoisotopic (exact) mass is 509 g/mol. The number of unbranched alkanes of at least 4 members (excludes halogenated alkanes) is 4. The lowest BCUT2D eigenvalue weighted by Gasteiger charge is -2.26. The van der Waals surface area contributed by atoms with Gasteiger partial charge >= 0.3 is 5.97 Å². The maximum atomic E-state index is 13.3. The van der Waals surface area contributed by atoms with Crippen LogP contribution in [-0.2, 0) is 23.9 Å². The van der Waals surface area contributed by atoms with E-state index in [1.54, 1.807) is 0 Å². The Morgan fingerprint density at radius 1 is 0.694 bits per heavy atom. The van der Waals surface area contributed by atoms with Crippen LogP contribution in [0.2, 0.25) is 0 Å². The molecule has 208 valence electrons. The summed E-state index contributed by atoms with van der Waals surface area (Å²) in [4.78, 5) is 52.7. The molecule has 1 aliphatic heterocycles. The van der Waals surface area contributed by atoms with Gasteiger partial charge in [0.05, 0.1) is 6.42 Å². The van der Waals surface area contributed by atoms with E-state index >= 15 is 0 Å². The van der Waals surface area contributed by atoms with Gasteiger partial charge in [-0.25, -0.2) is 4.79 Å². The van der Waals surface area contributed by atoms with Gasteiger partial charge in [0, 0.05) is 0 Å². The quantitative estimate of drug-likeness (QED) is 0.269. The summed E-state index contributed by atoms with van der Waals surface area (Å²) in [7, 11) is 0. The molecule has 1 aliphatic rings. The average Bonchev–Trinajstić information content (AvgIpc) is 2.76. The second-order valence-corrected chi connectivity index (χ2v) is 11.6. The first kappa shape index (κ1) is 31.9. The summed E-state index contributed by atoms with van der Waals surface area (Å²) >= 11 is 0. The third-order valence-corrected chi connectivity index (χ3v) is 6.33. The normalized spacial score (nSPS) is 24.5. The summed E-state index contributed by atoms with van der Waals surface area (Å²) in [5, 5.41) is 8.55. The molecular formula is C28H51N3O5. The van der Waals surface area contributed by atoms with E-state index in [9.17, 15) is 19.2 Å². The molecule has 0 aromatic heterocycles. The van der Waals surface area contributed by atoms with Crippen LogP contribution < -0.4 is 16.0 Å². The number of esters is 1. The second-order valence-electron chi connectivity index (χ2n) is 11.6. The largest absolute Gasteiger partial charge is 0.460 e. The second kappa shape index (κ2) is 16.6. The van der Waals surface area contributed by atoms with Gasteiger partial charge in [0.1, 0.15) is 24.2 Å². The molecular weight excluding hydrogens is 458 g/mol. The standard InChI is InChI=1S/C28H51N3O5/c1-8-9-10-11-12-13-21-17-25(32)29-22(14-18(2)3)26(33)30-23(15-19(4)5)27(34)31-24(16-20(6)7)28(35)36-21/h18-24H,8-17H2,1-7H3,(H,29,32)(H,30,33)(H,31,34)/t21?,22-,23+,24+/m1/s1. The lowest BCUT2D eigenvalue weighted by atomic mass is 9.99. The Morgan fingerprint density at radius 2 is 1.17 bits per heavy atom. The van der Waals surface area contributed by atoms with E-state index in [4.69, 9.17) is 4.74 Å². The molecule has 1 unspecified atom stereocenters. The minimum atomic E-state index is -0.832. The van der Waals surface area contributed by atoms with Crippen LogP contribution >= 0.6 is 0 Å². The van der Waals surface area contributed by atoms with Gasteiger partial charge in [-0.05, 0) is 49.9 Å². The fourth-order valence-electron chi connectivity index (χ4n) is 4.52. The van der Waals surface area contributed by atoms with Crippen LogP contribution in [-0.4, -0.2) is 47.9 Å². The molecule has 0 radical (unpaired) electrons.